The number of halogens is 1. The zero-order valence-electron chi connectivity index (χ0n) is 15.8. The Kier molecular flexibility index (Phi) is 5.78. The molecule has 150 valence electrons. The summed E-state index contributed by atoms with van der Waals surface area (Å²) in [6.07, 6.45) is 5.40. The van der Waals surface area contributed by atoms with Gasteiger partial charge in [0.25, 0.3) is 5.91 Å². The highest BCUT2D eigenvalue weighted by atomic mass is 35.5. The number of carbonyl (C=O) groups is 2. The van der Waals surface area contributed by atoms with E-state index < -0.39 is 0 Å². The molecule has 1 aliphatic heterocycles. The standard InChI is InChI=1S/C21H16ClN5O2S/c1-2-19(28)25-13-4-5-14(22)16(11-13)26-21-27-20(29)18(30-21)10-12-3-6-15-17(9-12)24-8-7-23-15/h3-11H,2H2,1H3,(H,25,28)(H,26,27,29). The molecule has 2 amide bonds. The van der Waals surface area contributed by atoms with Crippen molar-refractivity contribution in [1.82, 2.24) is 9.97 Å². The maximum absolute atomic E-state index is 12.3. The Hall–Kier alpha value is -3.23. The molecule has 0 aliphatic carbocycles. The molecule has 30 heavy (non-hydrogen) atoms. The molecule has 0 saturated heterocycles. The van der Waals surface area contributed by atoms with Crippen molar-refractivity contribution in [3.8, 4) is 0 Å². The summed E-state index contributed by atoms with van der Waals surface area (Å²) in [4.78, 5) is 37.0. The monoisotopic (exact) mass is 437 g/mol. The first-order valence-corrected chi connectivity index (χ1v) is 10.3. The number of anilines is 2. The molecule has 9 heteroatoms. The van der Waals surface area contributed by atoms with Gasteiger partial charge in [-0.3, -0.25) is 19.6 Å². The molecule has 0 unspecified atom stereocenters. The summed E-state index contributed by atoms with van der Waals surface area (Å²) in [6.45, 7) is 1.77. The number of nitrogens with zero attached hydrogens (tertiary/aromatic N) is 3. The van der Waals surface area contributed by atoms with Crippen LogP contribution in [0.25, 0.3) is 17.1 Å². The molecule has 4 rings (SSSR count). The van der Waals surface area contributed by atoms with Crippen molar-refractivity contribution >= 4 is 68.8 Å². The lowest BCUT2D eigenvalue weighted by atomic mass is 10.2. The molecule has 0 saturated carbocycles. The van der Waals surface area contributed by atoms with Gasteiger partial charge in [0.2, 0.25) is 5.91 Å². The number of nitrogens with one attached hydrogen (secondary N) is 2. The van der Waals surface area contributed by atoms with Crippen molar-refractivity contribution in [2.24, 2.45) is 4.99 Å². The molecule has 0 atom stereocenters. The van der Waals surface area contributed by atoms with E-state index in [0.29, 0.717) is 32.9 Å². The topological polar surface area (TPSA) is 96.3 Å². The molecule has 1 aromatic heterocycles. The summed E-state index contributed by atoms with van der Waals surface area (Å²) in [6, 6.07) is 10.7. The number of fused-ring (bicyclic) bond motifs is 1. The van der Waals surface area contributed by atoms with Crippen molar-refractivity contribution in [1.29, 1.82) is 0 Å². The first-order chi connectivity index (χ1) is 14.5. The van der Waals surface area contributed by atoms with Crippen LogP contribution in [0, 0.1) is 0 Å². The Bertz CT molecular complexity index is 1220. The first kappa shape index (κ1) is 20.1. The Labute approximate surface area is 181 Å². The van der Waals surface area contributed by atoms with Gasteiger partial charge < -0.3 is 10.6 Å². The zero-order valence-corrected chi connectivity index (χ0v) is 17.4. The van der Waals surface area contributed by atoms with Gasteiger partial charge in [0, 0.05) is 24.5 Å². The van der Waals surface area contributed by atoms with Gasteiger partial charge in [-0.2, -0.15) is 4.99 Å². The van der Waals surface area contributed by atoms with E-state index in [2.05, 4.69) is 25.6 Å². The van der Waals surface area contributed by atoms with E-state index in [1.165, 1.54) is 11.8 Å². The van der Waals surface area contributed by atoms with E-state index in [4.69, 9.17) is 11.6 Å². The van der Waals surface area contributed by atoms with Crippen LogP contribution >= 0.6 is 23.4 Å². The van der Waals surface area contributed by atoms with Crippen LogP contribution in [0.1, 0.15) is 18.9 Å². The van der Waals surface area contributed by atoms with Crippen LogP contribution < -0.4 is 10.6 Å². The molecular weight excluding hydrogens is 422 g/mol. The van der Waals surface area contributed by atoms with Gasteiger partial charge in [0.15, 0.2) is 5.17 Å². The number of aromatic nitrogens is 2. The minimum Gasteiger partial charge on any atom is -0.333 e. The van der Waals surface area contributed by atoms with Gasteiger partial charge in [0.05, 0.1) is 26.6 Å². The second-order valence-corrected chi connectivity index (χ2v) is 7.80. The minimum absolute atomic E-state index is 0.101. The van der Waals surface area contributed by atoms with Gasteiger partial charge in [0.1, 0.15) is 0 Å². The molecular formula is C21H16ClN5O2S. The van der Waals surface area contributed by atoms with Crippen LogP contribution in [0.15, 0.2) is 58.7 Å². The van der Waals surface area contributed by atoms with Gasteiger partial charge in [-0.05, 0) is 53.7 Å². The van der Waals surface area contributed by atoms with Crippen LogP contribution in [-0.4, -0.2) is 26.9 Å². The van der Waals surface area contributed by atoms with E-state index >= 15 is 0 Å². The third-order valence-corrected chi connectivity index (χ3v) is 5.45. The summed E-state index contributed by atoms with van der Waals surface area (Å²) >= 11 is 7.47. The highest BCUT2D eigenvalue weighted by molar-refractivity contribution is 8.18. The van der Waals surface area contributed by atoms with Gasteiger partial charge in [-0.1, -0.05) is 24.6 Å². The second-order valence-electron chi connectivity index (χ2n) is 6.36. The van der Waals surface area contributed by atoms with Crippen LogP contribution in [-0.2, 0) is 9.59 Å². The summed E-state index contributed by atoms with van der Waals surface area (Å²) in [5, 5.41) is 6.70. The van der Waals surface area contributed by atoms with E-state index in [1.54, 1.807) is 43.6 Å². The lowest BCUT2D eigenvalue weighted by Gasteiger charge is -2.10. The van der Waals surface area contributed by atoms with Crippen LogP contribution in [0.3, 0.4) is 0 Å². The molecule has 2 aromatic carbocycles. The predicted octanol–water partition coefficient (Wildman–Crippen LogP) is 4.71. The number of aliphatic imine (C=N–C) groups is 1. The fraction of sp³-hybridized carbons (Fsp3) is 0.0952. The fourth-order valence-electron chi connectivity index (χ4n) is 2.75. The molecule has 0 fully saturated rings. The number of hydrogen-bond donors (Lipinski definition) is 2. The zero-order chi connectivity index (χ0) is 21.1. The average Bonchev–Trinajstić information content (AvgIpc) is 3.09. The van der Waals surface area contributed by atoms with Crippen LogP contribution in [0.4, 0.5) is 11.4 Å². The summed E-state index contributed by atoms with van der Waals surface area (Å²) in [5.41, 5.74) is 3.52. The van der Waals surface area contributed by atoms with Crippen LogP contribution in [0.2, 0.25) is 5.02 Å². The van der Waals surface area contributed by atoms with E-state index in [0.717, 1.165) is 16.6 Å². The fourth-order valence-corrected chi connectivity index (χ4v) is 3.74. The normalized spacial score (nSPS) is 14.8. The van der Waals surface area contributed by atoms with Crippen molar-refractivity contribution in [3.63, 3.8) is 0 Å². The number of amides is 2. The van der Waals surface area contributed by atoms with Crippen molar-refractivity contribution in [2.45, 2.75) is 13.3 Å². The number of benzene rings is 2. The van der Waals surface area contributed by atoms with Crippen molar-refractivity contribution < 1.29 is 9.59 Å². The Balaban J connectivity index is 1.51. The molecule has 1 aliphatic rings. The van der Waals surface area contributed by atoms with Crippen molar-refractivity contribution in [2.75, 3.05) is 10.6 Å². The maximum Gasteiger partial charge on any atom is 0.286 e. The molecule has 2 heterocycles. The third kappa shape index (κ3) is 4.50. The smallest absolute Gasteiger partial charge is 0.286 e. The van der Waals surface area contributed by atoms with E-state index in [9.17, 15) is 9.59 Å². The largest absolute Gasteiger partial charge is 0.333 e. The maximum atomic E-state index is 12.3. The molecule has 0 spiro atoms. The number of thioether (sulfide) groups is 1. The Morgan fingerprint density at radius 2 is 1.93 bits per heavy atom. The van der Waals surface area contributed by atoms with E-state index in [1.807, 2.05) is 18.2 Å². The molecule has 3 aromatic rings. The summed E-state index contributed by atoms with van der Waals surface area (Å²) in [5.74, 6) is -0.440. The minimum atomic E-state index is -0.340. The molecule has 0 radical (unpaired) electrons. The lowest BCUT2D eigenvalue weighted by molar-refractivity contribution is -0.116. The second kappa shape index (κ2) is 8.64. The van der Waals surface area contributed by atoms with E-state index in [-0.39, 0.29) is 11.8 Å². The molecule has 0 bridgehead atoms. The van der Waals surface area contributed by atoms with Gasteiger partial charge in [-0.25, -0.2) is 0 Å². The number of rotatable bonds is 4. The summed E-state index contributed by atoms with van der Waals surface area (Å²) < 4.78 is 0. The number of carbonyl (C=O) groups excluding carboxylic acids is 2. The van der Waals surface area contributed by atoms with Gasteiger partial charge in [-0.15, -0.1) is 0 Å². The van der Waals surface area contributed by atoms with Gasteiger partial charge >= 0.3 is 0 Å². The van der Waals surface area contributed by atoms with Crippen LogP contribution in [0.5, 0.6) is 0 Å². The SMILES string of the molecule is CCC(=O)Nc1ccc(Cl)c(NC2=NC(=O)C(=Cc3ccc4nccnc4c3)S2)c1. The highest BCUT2D eigenvalue weighted by Crippen LogP contribution is 2.32. The number of hydrogen-bond acceptors (Lipinski definition) is 6. The molecule has 7 nitrogen and oxygen atoms in total. The third-order valence-electron chi connectivity index (χ3n) is 4.22. The van der Waals surface area contributed by atoms with Crippen molar-refractivity contribution in [3.05, 3.63) is 64.3 Å². The Morgan fingerprint density at radius 3 is 2.73 bits per heavy atom. The molecule has 2 N–H and O–H groups in total. The Morgan fingerprint density at radius 1 is 1.13 bits per heavy atom. The quantitative estimate of drug-likeness (QED) is 0.573. The first-order valence-electron chi connectivity index (χ1n) is 9.11. The predicted molar refractivity (Wildman–Crippen MR) is 122 cm³/mol. The summed E-state index contributed by atoms with van der Waals surface area (Å²) in [7, 11) is 0. The number of amidine groups is 1. The lowest BCUT2D eigenvalue weighted by Crippen LogP contribution is -2.10. The highest BCUT2D eigenvalue weighted by Gasteiger charge is 2.22. The average molecular weight is 438 g/mol.